The molecule has 2 saturated heterocycles. The Morgan fingerprint density at radius 3 is 2.23 bits per heavy atom. The lowest BCUT2D eigenvalue weighted by Crippen LogP contribution is -2.39. The third kappa shape index (κ3) is 5.11. The highest BCUT2D eigenvalue weighted by Gasteiger charge is 2.44. The van der Waals surface area contributed by atoms with Gasteiger partial charge < -0.3 is 15.1 Å². The number of hydrogen-bond donors (Lipinski definition) is 1. The van der Waals surface area contributed by atoms with Crippen molar-refractivity contribution in [3.05, 3.63) is 50.6 Å². The number of hydrogen-bond acceptors (Lipinski definition) is 4. The molecule has 1 N–H and O–H groups in total. The summed E-state index contributed by atoms with van der Waals surface area (Å²) >= 11 is 2.28. The molecule has 8 heteroatoms. The second kappa shape index (κ2) is 9.23. The van der Waals surface area contributed by atoms with Gasteiger partial charge in [0.05, 0.1) is 22.9 Å². The number of alkyl halides is 2. The lowest BCUT2D eigenvalue weighted by Gasteiger charge is -2.35. The first-order valence-electron chi connectivity index (χ1n) is 12.2. The maximum Gasteiger partial charge on any atom is 0.257 e. The monoisotopic (exact) mass is 590 g/mol. The lowest BCUT2D eigenvalue weighted by atomic mass is 9.93. The number of benzene rings is 2. The molecule has 184 valence electrons. The first-order chi connectivity index (χ1) is 16.7. The average molecular weight is 590 g/mol. The van der Waals surface area contributed by atoms with Crippen molar-refractivity contribution < 1.29 is 13.6 Å². The number of rotatable bonds is 4. The van der Waals surface area contributed by atoms with Gasteiger partial charge in [-0.3, -0.25) is 4.79 Å². The maximum atomic E-state index is 13.7. The number of piperidine rings is 2. The maximum absolute atomic E-state index is 13.7. The number of amides is 1. The molecule has 0 bridgehead atoms. The highest BCUT2D eigenvalue weighted by molar-refractivity contribution is 14.1. The van der Waals surface area contributed by atoms with E-state index in [1.165, 1.54) is 25.7 Å². The van der Waals surface area contributed by atoms with E-state index < -0.39 is 5.92 Å². The van der Waals surface area contributed by atoms with Gasteiger partial charge >= 0.3 is 0 Å². The number of halogens is 3. The van der Waals surface area contributed by atoms with E-state index in [2.05, 4.69) is 44.9 Å². The number of nitrogens with one attached hydrogen (secondary N) is 1. The molecule has 0 atom stereocenters. The van der Waals surface area contributed by atoms with Crippen LogP contribution in [0.25, 0.3) is 0 Å². The fourth-order valence-electron chi connectivity index (χ4n) is 5.34. The molecule has 1 saturated carbocycles. The van der Waals surface area contributed by atoms with E-state index in [0.717, 1.165) is 33.6 Å². The van der Waals surface area contributed by atoms with E-state index in [1.54, 1.807) is 12.1 Å². The van der Waals surface area contributed by atoms with Gasteiger partial charge in [0.25, 0.3) is 11.8 Å². The molecule has 0 aromatic heterocycles. The summed E-state index contributed by atoms with van der Waals surface area (Å²) in [6.45, 7) is 4.20. The topological polar surface area (TPSA) is 59.4 Å². The fourth-order valence-corrected chi connectivity index (χ4v) is 5.82. The lowest BCUT2D eigenvalue weighted by molar-refractivity contribution is -0.0220. The van der Waals surface area contributed by atoms with Crippen LogP contribution in [0.1, 0.15) is 60.0 Å². The van der Waals surface area contributed by atoms with Crippen molar-refractivity contribution in [1.82, 2.24) is 0 Å². The van der Waals surface area contributed by atoms with E-state index in [-0.39, 0.29) is 31.8 Å². The van der Waals surface area contributed by atoms with E-state index in [1.807, 2.05) is 24.0 Å². The second-order valence-electron chi connectivity index (χ2n) is 10.2. The molecule has 1 amide bonds. The standard InChI is InChI=1S/C27H29F2IN4O/c1-18-22(14-19(17-31)15-23(18)33-12-8-27(28,29)9-13-33)32-25(35)21-3-2-20(30)16-24(21)34-10-6-26(4-5-26)7-11-34/h2-3,14-16H,4-13H2,1H3,(H,32,35). The summed E-state index contributed by atoms with van der Waals surface area (Å²) in [5, 5.41) is 12.6. The van der Waals surface area contributed by atoms with Crippen LogP contribution in [-0.4, -0.2) is 38.0 Å². The van der Waals surface area contributed by atoms with Crippen LogP contribution in [0.5, 0.6) is 0 Å². The molecule has 1 aliphatic carbocycles. The zero-order valence-electron chi connectivity index (χ0n) is 19.8. The minimum Gasteiger partial charge on any atom is -0.371 e. The number of nitriles is 1. The summed E-state index contributed by atoms with van der Waals surface area (Å²) < 4.78 is 28.5. The highest BCUT2D eigenvalue weighted by Crippen LogP contribution is 2.54. The van der Waals surface area contributed by atoms with Crippen molar-refractivity contribution in [3.8, 4) is 6.07 Å². The van der Waals surface area contributed by atoms with Gasteiger partial charge in [0.2, 0.25) is 0 Å². The molecule has 3 aliphatic rings. The Kier molecular flexibility index (Phi) is 6.41. The Balaban J connectivity index is 1.41. The summed E-state index contributed by atoms with van der Waals surface area (Å²) in [6, 6.07) is 11.4. The number of nitrogens with zero attached hydrogens (tertiary/aromatic N) is 3. The van der Waals surface area contributed by atoms with Crippen molar-refractivity contribution in [2.24, 2.45) is 5.41 Å². The van der Waals surface area contributed by atoms with Crippen molar-refractivity contribution >= 4 is 45.6 Å². The van der Waals surface area contributed by atoms with Gasteiger partial charge in [-0.15, -0.1) is 0 Å². The van der Waals surface area contributed by atoms with Crippen molar-refractivity contribution in [1.29, 1.82) is 5.26 Å². The van der Waals surface area contributed by atoms with E-state index in [9.17, 15) is 18.8 Å². The quantitative estimate of drug-likeness (QED) is 0.423. The van der Waals surface area contributed by atoms with Crippen LogP contribution in [0.2, 0.25) is 0 Å². The van der Waals surface area contributed by atoms with Gasteiger partial charge in [0.1, 0.15) is 0 Å². The summed E-state index contributed by atoms with van der Waals surface area (Å²) in [4.78, 5) is 17.7. The van der Waals surface area contributed by atoms with Crippen molar-refractivity contribution in [3.63, 3.8) is 0 Å². The average Bonchev–Trinajstić information content (AvgIpc) is 3.59. The molecule has 5 rings (SSSR count). The Morgan fingerprint density at radius 1 is 0.971 bits per heavy atom. The van der Waals surface area contributed by atoms with E-state index >= 15 is 0 Å². The molecule has 35 heavy (non-hydrogen) atoms. The summed E-state index contributed by atoms with van der Waals surface area (Å²) in [7, 11) is 0. The Morgan fingerprint density at radius 2 is 1.60 bits per heavy atom. The Hall–Kier alpha value is -2.41. The largest absolute Gasteiger partial charge is 0.371 e. The number of carbonyl (C=O) groups excluding carboxylic acids is 1. The molecule has 1 spiro atoms. The van der Waals surface area contributed by atoms with Gasteiger partial charge in [-0.05, 0) is 96.5 Å². The summed E-state index contributed by atoms with van der Waals surface area (Å²) in [5.74, 6) is -2.87. The molecule has 0 unspecified atom stereocenters. The van der Waals surface area contributed by atoms with Crippen molar-refractivity contribution in [2.75, 3.05) is 41.3 Å². The predicted octanol–water partition coefficient (Wildman–Crippen LogP) is 6.34. The Labute approximate surface area is 218 Å². The molecule has 2 aromatic carbocycles. The molecule has 3 fully saturated rings. The van der Waals surface area contributed by atoms with Crippen LogP contribution in [0.15, 0.2) is 30.3 Å². The third-order valence-corrected chi connectivity index (χ3v) is 8.59. The van der Waals surface area contributed by atoms with Gasteiger partial charge in [-0.2, -0.15) is 5.26 Å². The smallest absolute Gasteiger partial charge is 0.257 e. The fraction of sp³-hybridized carbons (Fsp3) is 0.481. The SMILES string of the molecule is Cc1c(NC(=O)c2ccc(I)cc2N2CCC3(CC2)CC3)cc(C#N)cc1N1CCC(F)(F)CC1. The molecular formula is C27H29F2IN4O. The van der Waals surface area contributed by atoms with Gasteiger partial charge in [-0.25, -0.2) is 8.78 Å². The van der Waals surface area contributed by atoms with Crippen LogP contribution in [0.3, 0.4) is 0 Å². The van der Waals surface area contributed by atoms with Crippen LogP contribution in [-0.2, 0) is 0 Å². The third-order valence-electron chi connectivity index (χ3n) is 7.92. The van der Waals surface area contributed by atoms with Crippen LogP contribution in [0.4, 0.5) is 25.8 Å². The first-order valence-corrected chi connectivity index (χ1v) is 13.3. The summed E-state index contributed by atoms with van der Waals surface area (Å²) in [6.07, 6.45) is 4.56. The van der Waals surface area contributed by atoms with E-state index in [4.69, 9.17) is 0 Å². The van der Waals surface area contributed by atoms with Crippen LogP contribution >= 0.6 is 22.6 Å². The number of carbonyl (C=O) groups is 1. The molecule has 5 nitrogen and oxygen atoms in total. The van der Waals surface area contributed by atoms with Crippen LogP contribution in [0, 0.1) is 27.2 Å². The normalized spacial score (nSPS) is 20.4. The van der Waals surface area contributed by atoms with Crippen LogP contribution < -0.4 is 15.1 Å². The van der Waals surface area contributed by atoms with Gasteiger partial charge in [0.15, 0.2) is 0 Å². The molecule has 2 aromatic rings. The second-order valence-corrected chi connectivity index (χ2v) is 11.5. The minimum atomic E-state index is -2.65. The minimum absolute atomic E-state index is 0.214. The molecule has 2 heterocycles. The van der Waals surface area contributed by atoms with Gasteiger partial charge in [-0.1, -0.05) is 0 Å². The zero-order chi connectivity index (χ0) is 24.8. The van der Waals surface area contributed by atoms with Crippen molar-refractivity contribution in [2.45, 2.75) is 51.4 Å². The molecule has 2 aliphatic heterocycles. The number of anilines is 3. The first kappa shape index (κ1) is 24.3. The van der Waals surface area contributed by atoms with Gasteiger partial charge in [0, 0.05) is 54.0 Å². The Bertz CT molecular complexity index is 1180. The zero-order valence-corrected chi connectivity index (χ0v) is 22.0. The highest BCUT2D eigenvalue weighted by atomic mass is 127. The molecular weight excluding hydrogens is 561 g/mol. The van der Waals surface area contributed by atoms with E-state index in [0.29, 0.717) is 22.2 Å². The summed E-state index contributed by atoms with van der Waals surface area (Å²) in [5.41, 5.74) is 4.54. The molecule has 0 radical (unpaired) electrons. The predicted molar refractivity (Wildman–Crippen MR) is 143 cm³/mol.